The largest absolute Gasteiger partial charge is 0.381 e. The third kappa shape index (κ3) is 4.33. The molecule has 0 bridgehead atoms. The lowest BCUT2D eigenvalue weighted by molar-refractivity contribution is 0.0290. The van der Waals surface area contributed by atoms with Crippen molar-refractivity contribution in [1.29, 1.82) is 0 Å². The Labute approximate surface area is 190 Å². The predicted octanol–water partition coefficient (Wildman–Crippen LogP) is 3.42. The molecule has 0 radical (unpaired) electrons. The summed E-state index contributed by atoms with van der Waals surface area (Å²) in [5.41, 5.74) is 5.01. The van der Waals surface area contributed by atoms with Crippen LogP contribution in [0.3, 0.4) is 0 Å². The van der Waals surface area contributed by atoms with E-state index < -0.39 is 0 Å². The molecule has 32 heavy (non-hydrogen) atoms. The Kier molecular flexibility index (Phi) is 6.28. The first-order valence-corrected chi connectivity index (χ1v) is 12.3. The third-order valence-electron chi connectivity index (χ3n) is 7.67. The maximum Gasteiger partial charge on any atom is 0.273 e. The molecule has 0 atom stereocenters. The van der Waals surface area contributed by atoms with Crippen LogP contribution < -0.4 is 5.32 Å². The van der Waals surface area contributed by atoms with Crippen molar-refractivity contribution in [3.05, 3.63) is 40.7 Å². The molecule has 5 rings (SSSR count). The summed E-state index contributed by atoms with van der Waals surface area (Å²) >= 11 is 0. The van der Waals surface area contributed by atoms with Crippen LogP contribution in [0.15, 0.2) is 18.2 Å². The number of carbonyl (C=O) groups is 1. The topological polar surface area (TPSA) is 72.3 Å². The van der Waals surface area contributed by atoms with Crippen molar-refractivity contribution in [2.24, 2.45) is 5.92 Å². The van der Waals surface area contributed by atoms with Crippen molar-refractivity contribution >= 4 is 5.91 Å². The molecule has 2 aromatic rings. The summed E-state index contributed by atoms with van der Waals surface area (Å²) in [6, 6.07) is 7.31. The van der Waals surface area contributed by atoms with Crippen molar-refractivity contribution in [3.8, 4) is 5.69 Å². The number of hydrogen-bond donors (Lipinski definition) is 1. The lowest BCUT2D eigenvalue weighted by Gasteiger charge is -2.38. The zero-order chi connectivity index (χ0) is 22.1. The third-order valence-corrected chi connectivity index (χ3v) is 7.67. The van der Waals surface area contributed by atoms with Gasteiger partial charge in [-0.1, -0.05) is 24.3 Å². The Morgan fingerprint density at radius 3 is 2.69 bits per heavy atom. The van der Waals surface area contributed by atoms with Crippen LogP contribution in [0.4, 0.5) is 0 Å². The molecule has 7 nitrogen and oxygen atoms in total. The van der Waals surface area contributed by atoms with Crippen molar-refractivity contribution < 1.29 is 9.53 Å². The maximum absolute atomic E-state index is 12.9. The molecular weight excluding hydrogens is 402 g/mol. The number of ether oxygens (including phenoxy) is 1. The monoisotopic (exact) mass is 437 g/mol. The smallest absolute Gasteiger partial charge is 0.273 e. The number of nitrogens with one attached hydrogen (secondary N) is 1. The molecule has 1 saturated carbocycles. The molecule has 1 N–H and O–H groups in total. The van der Waals surface area contributed by atoms with Crippen LogP contribution in [0.25, 0.3) is 5.69 Å². The maximum atomic E-state index is 12.9. The molecule has 3 heterocycles. The Morgan fingerprint density at radius 2 is 1.91 bits per heavy atom. The Balaban J connectivity index is 1.33. The van der Waals surface area contributed by atoms with Crippen molar-refractivity contribution in [2.45, 2.75) is 77.4 Å². The molecule has 1 aromatic heterocycles. The molecule has 1 amide bonds. The highest BCUT2D eigenvalue weighted by Gasteiger charge is 2.28. The van der Waals surface area contributed by atoms with Gasteiger partial charge in [0.25, 0.3) is 5.91 Å². The second-order valence-electron chi connectivity index (χ2n) is 9.84. The minimum absolute atomic E-state index is 0.0937. The standard InChI is InChI=1S/C25H35N5O2/c1-17-6-8-20(9-7-17)26-25(31)24-18(2)30(28-27-24)23-5-3-4-19-16-29(13-10-22(19)23)21-11-14-32-15-12-21/h3-5,17,20-21H,6-16H2,1-2H3,(H,26,31). The van der Waals surface area contributed by atoms with Gasteiger partial charge in [-0.2, -0.15) is 0 Å². The molecule has 1 aliphatic carbocycles. The molecule has 0 spiro atoms. The fraction of sp³-hybridized carbons (Fsp3) is 0.640. The normalized spacial score (nSPS) is 24.8. The second kappa shape index (κ2) is 9.32. The summed E-state index contributed by atoms with van der Waals surface area (Å²) in [6.45, 7) is 8.00. The van der Waals surface area contributed by atoms with Crippen molar-refractivity contribution in [1.82, 2.24) is 25.2 Å². The van der Waals surface area contributed by atoms with Gasteiger partial charge in [-0.15, -0.1) is 5.10 Å². The van der Waals surface area contributed by atoms with Gasteiger partial charge in [-0.3, -0.25) is 9.69 Å². The molecular formula is C25H35N5O2. The number of aromatic nitrogens is 3. The molecule has 172 valence electrons. The van der Waals surface area contributed by atoms with Crippen molar-refractivity contribution in [2.75, 3.05) is 19.8 Å². The highest BCUT2D eigenvalue weighted by Crippen LogP contribution is 2.29. The van der Waals surface area contributed by atoms with E-state index in [1.807, 2.05) is 11.6 Å². The lowest BCUT2D eigenvalue weighted by Crippen LogP contribution is -2.42. The fourth-order valence-electron chi connectivity index (χ4n) is 5.60. The van der Waals surface area contributed by atoms with Crippen LogP contribution in [0.1, 0.15) is 72.8 Å². The van der Waals surface area contributed by atoms with E-state index in [0.29, 0.717) is 11.7 Å². The van der Waals surface area contributed by atoms with Gasteiger partial charge in [0.05, 0.1) is 11.4 Å². The van der Waals surface area contributed by atoms with E-state index >= 15 is 0 Å². The summed E-state index contributed by atoms with van der Waals surface area (Å²) in [4.78, 5) is 15.5. The van der Waals surface area contributed by atoms with Gasteiger partial charge in [0.2, 0.25) is 0 Å². The molecule has 7 heteroatoms. The second-order valence-corrected chi connectivity index (χ2v) is 9.84. The van der Waals surface area contributed by atoms with E-state index in [4.69, 9.17) is 4.74 Å². The van der Waals surface area contributed by atoms with Gasteiger partial charge in [-0.05, 0) is 75.0 Å². The van der Waals surface area contributed by atoms with Crippen LogP contribution >= 0.6 is 0 Å². The van der Waals surface area contributed by atoms with Gasteiger partial charge in [-0.25, -0.2) is 4.68 Å². The lowest BCUT2D eigenvalue weighted by atomic mass is 9.87. The summed E-state index contributed by atoms with van der Waals surface area (Å²) in [5, 5.41) is 11.9. The first-order chi connectivity index (χ1) is 15.6. The molecule has 2 aliphatic heterocycles. The molecule has 0 unspecified atom stereocenters. The quantitative estimate of drug-likeness (QED) is 0.794. The van der Waals surface area contributed by atoms with Gasteiger partial charge in [0.1, 0.15) is 0 Å². The van der Waals surface area contributed by atoms with E-state index in [9.17, 15) is 4.79 Å². The Hall–Kier alpha value is -2.25. The minimum Gasteiger partial charge on any atom is -0.381 e. The van der Waals surface area contributed by atoms with E-state index in [0.717, 1.165) is 75.7 Å². The molecule has 1 aromatic carbocycles. The van der Waals surface area contributed by atoms with Crippen LogP contribution in [0.5, 0.6) is 0 Å². The van der Waals surface area contributed by atoms with Gasteiger partial charge < -0.3 is 10.1 Å². The molecule has 3 aliphatic rings. The van der Waals surface area contributed by atoms with E-state index in [2.05, 4.69) is 45.7 Å². The Morgan fingerprint density at radius 1 is 1.12 bits per heavy atom. The fourth-order valence-corrected chi connectivity index (χ4v) is 5.60. The van der Waals surface area contributed by atoms with Crippen LogP contribution in [0.2, 0.25) is 0 Å². The zero-order valence-corrected chi connectivity index (χ0v) is 19.3. The average molecular weight is 438 g/mol. The van der Waals surface area contributed by atoms with E-state index in [1.54, 1.807) is 0 Å². The number of nitrogens with zero attached hydrogens (tertiary/aromatic N) is 4. The van der Waals surface area contributed by atoms with E-state index in [1.165, 1.54) is 24.0 Å². The van der Waals surface area contributed by atoms with Gasteiger partial charge in [0.15, 0.2) is 5.69 Å². The summed E-state index contributed by atoms with van der Waals surface area (Å²) in [5.74, 6) is 0.668. The zero-order valence-electron chi connectivity index (χ0n) is 19.3. The number of benzene rings is 1. The average Bonchev–Trinajstić information content (AvgIpc) is 3.21. The SMILES string of the molecule is Cc1c(C(=O)NC2CCC(C)CC2)nnn1-c1cccc2c1CCN(C1CCOCC1)C2. The number of carbonyl (C=O) groups excluding carboxylic acids is 1. The number of amides is 1. The number of fused-ring (bicyclic) bond motifs is 1. The van der Waals surface area contributed by atoms with E-state index in [-0.39, 0.29) is 11.9 Å². The highest BCUT2D eigenvalue weighted by atomic mass is 16.5. The van der Waals surface area contributed by atoms with Crippen LogP contribution in [0, 0.1) is 12.8 Å². The molecule has 2 fully saturated rings. The van der Waals surface area contributed by atoms with Gasteiger partial charge >= 0.3 is 0 Å². The molecule has 1 saturated heterocycles. The first kappa shape index (κ1) is 21.6. The Bertz CT molecular complexity index is 957. The number of rotatable bonds is 4. The summed E-state index contributed by atoms with van der Waals surface area (Å²) in [6.07, 6.45) is 7.69. The van der Waals surface area contributed by atoms with Crippen LogP contribution in [-0.4, -0.2) is 57.6 Å². The number of hydrogen-bond acceptors (Lipinski definition) is 5. The summed E-state index contributed by atoms with van der Waals surface area (Å²) in [7, 11) is 0. The van der Waals surface area contributed by atoms with Crippen LogP contribution in [-0.2, 0) is 17.7 Å². The summed E-state index contributed by atoms with van der Waals surface area (Å²) < 4.78 is 7.41. The minimum atomic E-state index is -0.0937. The predicted molar refractivity (Wildman–Crippen MR) is 123 cm³/mol. The first-order valence-electron chi connectivity index (χ1n) is 12.3. The van der Waals surface area contributed by atoms with Gasteiger partial charge in [0, 0.05) is 38.4 Å². The van der Waals surface area contributed by atoms with Crippen molar-refractivity contribution in [3.63, 3.8) is 0 Å². The highest BCUT2D eigenvalue weighted by molar-refractivity contribution is 5.93.